The molecule has 3 atom stereocenters. The maximum Gasteiger partial charge on any atom is -0.0391 e. The van der Waals surface area contributed by atoms with Crippen molar-refractivity contribution in [3.05, 3.63) is 0 Å². The van der Waals surface area contributed by atoms with E-state index in [0.29, 0.717) is 0 Å². The van der Waals surface area contributed by atoms with E-state index in [9.17, 15) is 0 Å². The van der Waals surface area contributed by atoms with Crippen LogP contribution < -0.4 is 0 Å². The van der Waals surface area contributed by atoms with Gasteiger partial charge in [0.2, 0.25) is 0 Å². The Hall–Kier alpha value is 0. The van der Waals surface area contributed by atoms with Crippen LogP contribution in [0.4, 0.5) is 0 Å². The largest absolute Gasteiger partial charge is 0.0651 e. The molecule has 0 bridgehead atoms. The summed E-state index contributed by atoms with van der Waals surface area (Å²) >= 11 is 0. The van der Waals surface area contributed by atoms with Crippen LogP contribution >= 0.6 is 0 Å². The Morgan fingerprint density at radius 1 is 0.600 bits per heavy atom. The van der Waals surface area contributed by atoms with E-state index in [1.165, 1.54) is 64.2 Å². The van der Waals surface area contributed by atoms with E-state index in [-0.39, 0.29) is 0 Å². The average molecular weight is 283 g/mol. The number of rotatable bonds is 13. The van der Waals surface area contributed by atoms with Gasteiger partial charge in [0.1, 0.15) is 0 Å². The van der Waals surface area contributed by atoms with Gasteiger partial charge in [-0.1, -0.05) is 106 Å². The van der Waals surface area contributed by atoms with Gasteiger partial charge in [-0.2, -0.15) is 0 Å². The third kappa shape index (κ3) is 10.7. The molecule has 0 radical (unpaired) electrons. The third-order valence-electron chi connectivity index (χ3n) is 5.22. The molecule has 0 fully saturated rings. The predicted octanol–water partition coefficient (Wildman–Crippen LogP) is 7.47. The number of hydrogen-bond donors (Lipinski definition) is 0. The second-order valence-corrected chi connectivity index (χ2v) is 7.62. The molecule has 0 heterocycles. The van der Waals surface area contributed by atoms with Crippen molar-refractivity contribution in [3.8, 4) is 0 Å². The standard InChI is InChI=1S/C20H42/c1-7-19(6)20(8-2)16-12-15-18(5)14-11-9-10-13-17(3)4/h17-20H,7-16H2,1-6H3. The van der Waals surface area contributed by atoms with Crippen LogP contribution in [0.15, 0.2) is 0 Å². The lowest BCUT2D eigenvalue weighted by Crippen LogP contribution is -2.10. The van der Waals surface area contributed by atoms with Crippen LogP contribution in [-0.4, -0.2) is 0 Å². The Balaban J connectivity index is 3.54. The number of hydrogen-bond acceptors (Lipinski definition) is 0. The van der Waals surface area contributed by atoms with E-state index in [2.05, 4.69) is 41.5 Å². The van der Waals surface area contributed by atoms with E-state index < -0.39 is 0 Å². The van der Waals surface area contributed by atoms with Crippen molar-refractivity contribution in [2.24, 2.45) is 23.7 Å². The van der Waals surface area contributed by atoms with Gasteiger partial charge in [0.15, 0.2) is 0 Å². The first-order valence-corrected chi connectivity index (χ1v) is 9.51. The van der Waals surface area contributed by atoms with Crippen LogP contribution in [0.2, 0.25) is 0 Å². The number of unbranched alkanes of at least 4 members (excludes halogenated alkanes) is 2. The quantitative estimate of drug-likeness (QED) is 0.307. The first-order chi connectivity index (χ1) is 9.51. The second-order valence-electron chi connectivity index (χ2n) is 7.62. The van der Waals surface area contributed by atoms with Gasteiger partial charge in [-0.15, -0.1) is 0 Å². The molecule has 0 heteroatoms. The fourth-order valence-corrected chi connectivity index (χ4v) is 3.32. The Morgan fingerprint density at radius 3 is 1.75 bits per heavy atom. The Labute approximate surface area is 130 Å². The van der Waals surface area contributed by atoms with Crippen LogP contribution in [0.1, 0.15) is 106 Å². The molecule has 122 valence electrons. The van der Waals surface area contributed by atoms with Gasteiger partial charge >= 0.3 is 0 Å². The van der Waals surface area contributed by atoms with Crippen molar-refractivity contribution in [1.29, 1.82) is 0 Å². The average Bonchev–Trinajstić information content (AvgIpc) is 2.42. The van der Waals surface area contributed by atoms with Crippen LogP contribution in [0.25, 0.3) is 0 Å². The van der Waals surface area contributed by atoms with Crippen molar-refractivity contribution >= 4 is 0 Å². The summed E-state index contributed by atoms with van der Waals surface area (Å²) in [4.78, 5) is 0. The summed E-state index contributed by atoms with van der Waals surface area (Å²) in [6, 6.07) is 0. The molecule has 0 spiro atoms. The normalized spacial score (nSPS) is 16.4. The zero-order valence-electron chi connectivity index (χ0n) is 15.4. The second kappa shape index (κ2) is 12.7. The molecule has 0 aliphatic carbocycles. The van der Waals surface area contributed by atoms with Crippen molar-refractivity contribution in [2.45, 2.75) is 106 Å². The Bertz CT molecular complexity index is 194. The van der Waals surface area contributed by atoms with Crippen LogP contribution in [0.3, 0.4) is 0 Å². The molecule has 0 aromatic carbocycles. The van der Waals surface area contributed by atoms with Crippen molar-refractivity contribution < 1.29 is 0 Å². The van der Waals surface area contributed by atoms with Gasteiger partial charge in [-0.3, -0.25) is 0 Å². The van der Waals surface area contributed by atoms with Gasteiger partial charge in [-0.25, -0.2) is 0 Å². The summed E-state index contributed by atoms with van der Waals surface area (Å²) in [7, 11) is 0. The Kier molecular flexibility index (Phi) is 12.7. The molecule has 0 aliphatic rings. The lowest BCUT2D eigenvalue weighted by atomic mass is 9.84. The highest BCUT2D eigenvalue weighted by Crippen LogP contribution is 2.26. The van der Waals surface area contributed by atoms with E-state index in [0.717, 1.165) is 23.7 Å². The molecule has 0 rings (SSSR count). The summed E-state index contributed by atoms with van der Waals surface area (Å²) in [5.41, 5.74) is 0. The topological polar surface area (TPSA) is 0 Å². The molecule has 0 aromatic heterocycles. The molecular weight excluding hydrogens is 240 g/mol. The van der Waals surface area contributed by atoms with Crippen LogP contribution in [0.5, 0.6) is 0 Å². The van der Waals surface area contributed by atoms with Gasteiger partial charge in [0.25, 0.3) is 0 Å². The highest BCUT2D eigenvalue weighted by Gasteiger charge is 2.13. The lowest BCUT2D eigenvalue weighted by Gasteiger charge is -2.22. The van der Waals surface area contributed by atoms with Crippen LogP contribution in [-0.2, 0) is 0 Å². The van der Waals surface area contributed by atoms with Crippen molar-refractivity contribution in [1.82, 2.24) is 0 Å². The minimum absolute atomic E-state index is 0.888. The first kappa shape index (κ1) is 20.0. The van der Waals surface area contributed by atoms with E-state index in [1.54, 1.807) is 0 Å². The maximum absolute atomic E-state index is 2.46. The molecule has 0 aliphatic heterocycles. The third-order valence-corrected chi connectivity index (χ3v) is 5.22. The van der Waals surface area contributed by atoms with E-state index in [4.69, 9.17) is 0 Å². The molecule has 20 heavy (non-hydrogen) atoms. The summed E-state index contributed by atoms with van der Waals surface area (Å²) in [6.07, 6.45) is 14.3. The minimum atomic E-state index is 0.888. The summed E-state index contributed by atoms with van der Waals surface area (Å²) < 4.78 is 0. The summed E-state index contributed by atoms with van der Waals surface area (Å²) in [6.45, 7) is 14.3. The molecule has 0 nitrogen and oxygen atoms in total. The van der Waals surface area contributed by atoms with Gasteiger partial charge in [-0.05, 0) is 23.7 Å². The fourth-order valence-electron chi connectivity index (χ4n) is 3.32. The lowest BCUT2D eigenvalue weighted by molar-refractivity contribution is 0.297. The van der Waals surface area contributed by atoms with Gasteiger partial charge in [0.05, 0.1) is 0 Å². The molecule has 0 saturated carbocycles. The zero-order valence-corrected chi connectivity index (χ0v) is 15.4. The summed E-state index contributed by atoms with van der Waals surface area (Å²) in [5, 5.41) is 0. The Morgan fingerprint density at radius 2 is 1.20 bits per heavy atom. The summed E-state index contributed by atoms with van der Waals surface area (Å²) in [5.74, 6) is 3.73. The molecular formula is C20H42. The van der Waals surface area contributed by atoms with E-state index in [1.807, 2.05) is 0 Å². The zero-order chi connectivity index (χ0) is 15.4. The first-order valence-electron chi connectivity index (χ1n) is 9.51. The van der Waals surface area contributed by atoms with Crippen molar-refractivity contribution in [3.63, 3.8) is 0 Å². The molecule has 0 saturated heterocycles. The fraction of sp³-hybridized carbons (Fsp3) is 1.00. The maximum atomic E-state index is 2.46. The van der Waals surface area contributed by atoms with Gasteiger partial charge in [0, 0.05) is 0 Å². The molecule has 3 unspecified atom stereocenters. The minimum Gasteiger partial charge on any atom is -0.0651 e. The highest BCUT2D eigenvalue weighted by atomic mass is 14.2. The molecule has 0 N–H and O–H groups in total. The smallest absolute Gasteiger partial charge is 0.0391 e. The van der Waals surface area contributed by atoms with Gasteiger partial charge < -0.3 is 0 Å². The molecule has 0 amide bonds. The SMILES string of the molecule is CCC(C)C(CC)CCCC(C)CCCCCC(C)C. The highest BCUT2D eigenvalue weighted by molar-refractivity contribution is 4.65. The van der Waals surface area contributed by atoms with E-state index >= 15 is 0 Å². The molecule has 0 aromatic rings. The monoisotopic (exact) mass is 282 g/mol. The van der Waals surface area contributed by atoms with Crippen molar-refractivity contribution in [2.75, 3.05) is 0 Å². The van der Waals surface area contributed by atoms with Crippen LogP contribution in [0, 0.1) is 23.7 Å². The predicted molar refractivity (Wildman–Crippen MR) is 94.2 cm³/mol.